The average molecular weight is 326 g/mol. The fraction of sp³-hybridized carbons (Fsp3) is 0.312. The molecular formula is C16H17F3N2O2. The van der Waals surface area contributed by atoms with Gasteiger partial charge in [-0.05, 0) is 24.6 Å². The van der Waals surface area contributed by atoms with E-state index in [1.165, 1.54) is 12.1 Å². The molecule has 0 saturated heterocycles. The second kappa shape index (κ2) is 7.21. The third-order valence-corrected chi connectivity index (χ3v) is 3.14. The highest BCUT2D eigenvalue weighted by molar-refractivity contribution is 5.57. The Bertz CT molecular complexity index is 660. The Balaban J connectivity index is 2.23. The highest BCUT2D eigenvalue weighted by Gasteiger charge is 2.32. The number of nitrogens with one attached hydrogen (secondary N) is 1. The van der Waals surface area contributed by atoms with Crippen LogP contribution in [0.4, 0.5) is 18.9 Å². The molecule has 1 aromatic carbocycles. The molecule has 0 fully saturated rings. The predicted octanol–water partition coefficient (Wildman–Crippen LogP) is 4.16. The summed E-state index contributed by atoms with van der Waals surface area (Å²) in [6.07, 6.45) is -4.02. The molecule has 0 aliphatic rings. The number of pyridine rings is 1. The lowest BCUT2D eigenvalue weighted by Crippen LogP contribution is -2.19. The molecule has 0 aliphatic carbocycles. The molecule has 4 nitrogen and oxygen atoms in total. The monoisotopic (exact) mass is 326 g/mol. The number of nitrogens with zero attached hydrogens (tertiary/aromatic N) is 1. The van der Waals surface area contributed by atoms with E-state index in [1.54, 1.807) is 25.2 Å². The van der Waals surface area contributed by atoms with Crippen molar-refractivity contribution in [2.45, 2.75) is 26.3 Å². The first-order valence-corrected chi connectivity index (χ1v) is 7.07. The summed E-state index contributed by atoms with van der Waals surface area (Å²) in [6, 6.07) is 9.68. The molecule has 0 aliphatic heterocycles. The standard InChI is InChI=1S/C16H17F3N2O2/c1-3-11-6-4-9-15(21-11)22-10-12-13(20-2)7-5-8-14(12)23-16(17,18)19/h4-9,20H,3,10H2,1-2H3. The maximum absolute atomic E-state index is 12.5. The minimum Gasteiger partial charge on any atom is -0.473 e. The smallest absolute Gasteiger partial charge is 0.473 e. The fourth-order valence-electron chi connectivity index (χ4n) is 2.05. The van der Waals surface area contributed by atoms with Crippen molar-refractivity contribution in [2.75, 3.05) is 12.4 Å². The van der Waals surface area contributed by atoms with Crippen LogP contribution in [0.15, 0.2) is 36.4 Å². The largest absolute Gasteiger partial charge is 0.573 e. The number of hydrogen-bond donors (Lipinski definition) is 1. The maximum Gasteiger partial charge on any atom is 0.573 e. The zero-order valence-corrected chi connectivity index (χ0v) is 12.8. The number of benzene rings is 1. The Morgan fingerprint density at radius 2 is 1.87 bits per heavy atom. The number of halogens is 3. The maximum atomic E-state index is 12.5. The van der Waals surface area contributed by atoms with Crippen LogP contribution < -0.4 is 14.8 Å². The van der Waals surface area contributed by atoms with E-state index in [-0.39, 0.29) is 17.9 Å². The van der Waals surface area contributed by atoms with Crippen LogP contribution in [0.25, 0.3) is 0 Å². The van der Waals surface area contributed by atoms with Crippen LogP contribution in [0.1, 0.15) is 18.2 Å². The van der Waals surface area contributed by atoms with Gasteiger partial charge in [0.1, 0.15) is 12.4 Å². The quantitative estimate of drug-likeness (QED) is 0.865. The average Bonchev–Trinajstić information content (AvgIpc) is 2.52. The molecular weight excluding hydrogens is 309 g/mol. The molecule has 0 unspecified atom stereocenters. The van der Waals surface area contributed by atoms with Crippen LogP contribution >= 0.6 is 0 Å². The van der Waals surface area contributed by atoms with Crippen LogP contribution in [0.5, 0.6) is 11.6 Å². The van der Waals surface area contributed by atoms with Crippen molar-refractivity contribution in [3.05, 3.63) is 47.7 Å². The van der Waals surface area contributed by atoms with E-state index in [2.05, 4.69) is 15.0 Å². The van der Waals surface area contributed by atoms with Gasteiger partial charge in [-0.2, -0.15) is 0 Å². The van der Waals surface area contributed by atoms with E-state index in [4.69, 9.17) is 4.74 Å². The topological polar surface area (TPSA) is 43.4 Å². The molecule has 0 saturated carbocycles. The second-order valence-corrected chi connectivity index (χ2v) is 4.69. The molecule has 0 amide bonds. The van der Waals surface area contributed by atoms with Crippen LogP contribution in [-0.4, -0.2) is 18.4 Å². The lowest BCUT2D eigenvalue weighted by molar-refractivity contribution is -0.275. The zero-order valence-electron chi connectivity index (χ0n) is 12.8. The second-order valence-electron chi connectivity index (χ2n) is 4.69. The summed E-state index contributed by atoms with van der Waals surface area (Å²) in [5.41, 5.74) is 1.62. The number of ether oxygens (including phenoxy) is 2. The zero-order chi connectivity index (χ0) is 16.9. The van der Waals surface area contributed by atoms with Gasteiger partial charge in [-0.3, -0.25) is 0 Å². The Kier molecular flexibility index (Phi) is 5.31. The molecule has 0 bridgehead atoms. The molecule has 0 spiro atoms. The normalized spacial score (nSPS) is 11.2. The summed E-state index contributed by atoms with van der Waals surface area (Å²) in [4.78, 5) is 4.26. The first-order chi connectivity index (χ1) is 10.9. The number of anilines is 1. The molecule has 124 valence electrons. The molecule has 0 radical (unpaired) electrons. The van der Waals surface area contributed by atoms with Crippen LogP contribution in [0, 0.1) is 0 Å². The van der Waals surface area contributed by atoms with Gasteiger partial charge in [0.25, 0.3) is 0 Å². The van der Waals surface area contributed by atoms with E-state index in [9.17, 15) is 13.2 Å². The SMILES string of the molecule is CCc1cccc(OCc2c(NC)cccc2OC(F)(F)F)n1. The van der Waals surface area contributed by atoms with E-state index >= 15 is 0 Å². The molecule has 0 atom stereocenters. The third kappa shape index (κ3) is 4.77. The van der Waals surface area contributed by atoms with Gasteiger partial charge in [0.2, 0.25) is 5.88 Å². The van der Waals surface area contributed by atoms with Crippen molar-refractivity contribution in [3.8, 4) is 11.6 Å². The Labute approximate surface area is 132 Å². The highest BCUT2D eigenvalue weighted by Crippen LogP contribution is 2.32. The summed E-state index contributed by atoms with van der Waals surface area (Å²) in [5, 5.41) is 2.83. The van der Waals surface area contributed by atoms with Gasteiger partial charge in [0, 0.05) is 24.5 Å². The summed E-state index contributed by atoms with van der Waals surface area (Å²) < 4.78 is 47.2. The summed E-state index contributed by atoms with van der Waals surface area (Å²) in [5.74, 6) is 0.0595. The van der Waals surface area contributed by atoms with E-state index in [0.29, 0.717) is 11.6 Å². The first kappa shape index (κ1) is 16.9. The minimum atomic E-state index is -4.76. The van der Waals surface area contributed by atoms with E-state index < -0.39 is 6.36 Å². The van der Waals surface area contributed by atoms with Crippen molar-refractivity contribution >= 4 is 5.69 Å². The molecule has 2 rings (SSSR count). The molecule has 1 heterocycles. The van der Waals surface area contributed by atoms with Gasteiger partial charge in [0.05, 0.1) is 5.56 Å². The highest BCUT2D eigenvalue weighted by atomic mass is 19.4. The summed E-state index contributed by atoms with van der Waals surface area (Å²) in [6.45, 7) is 1.86. The van der Waals surface area contributed by atoms with Crippen molar-refractivity contribution in [2.24, 2.45) is 0 Å². The Hall–Kier alpha value is -2.44. The molecule has 1 N–H and O–H groups in total. The van der Waals surface area contributed by atoms with E-state index in [1.807, 2.05) is 13.0 Å². The minimum absolute atomic E-state index is 0.0946. The number of aromatic nitrogens is 1. The number of hydrogen-bond acceptors (Lipinski definition) is 4. The van der Waals surface area contributed by atoms with Gasteiger partial charge in [-0.1, -0.05) is 19.1 Å². The predicted molar refractivity (Wildman–Crippen MR) is 80.6 cm³/mol. The number of alkyl halides is 3. The van der Waals surface area contributed by atoms with Gasteiger partial charge in [0.15, 0.2) is 0 Å². The van der Waals surface area contributed by atoms with Crippen molar-refractivity contribution in [3.63, 3.8) is 0 Å². The molecule has 2 aromatic rings. The number of rotatable bonds is 6. The number of aryl methyl sites for hydroxylation is 1. The Morgan fingerprint density at radius 1 is 1.13 bits per heavy atom. The van der Waals surface area contributed by atoms with Crippen molar-refractivity contribution < 1.29 is 22.6 Å². The van der Waals surface area contributed by atoms with Gasteiger partial charge < -0.3 is 14.8 Å². The van der Waals surface area contributed by atoms with Crippen LogP contribution in [0.3, 0.4) is 0 Å². The van der Waals surface area contributed by atoms with Gasteiger partial charge in [-0.25, -0.2) is 4.98 Å². The van der Waals surface area contributed by atoms with Gasteiger partial charge in [-0.15, -0.1) is 13.2 Å². The van der Waals surface area contributed by atoms with Crippen LogP contribution in [-0.2, 0) is 13.0 Å². The molecule has 7 heteroatoms. The van der Waals surface area contributed by atoms with Crippen molar-refractivity contribution in [1.29, 1.82) is 0 Å². The molecule has 23 heavy (non-hydrogen) atoms. The van der Waals surface area contributed by atoms with E-state index in [0.717, 1.165) is 12.1 Å². The van der Waals surface area contributed by atoms with Gasteiger partial charge >= 0.3 is 6.36 Å². The Morgan fingerprint density at radius 3 is 2.52 bits per heavy atom. The van der Waals surface area contributed by atoms with Crippen LogP contribution in [0.2, 0.25) is 0 Å². The lowest BCUT2D eigenvalue weighted by Gasteiger charge is -2.17. The summed E-state index contributed by atoms with van der Waals surface area (Å²) >= 11 is 0. The third-order valence-electron chi connectivity index (χ3n) is 3.14. The summed E-state index contributed by atoms with van der Waals surface area (Å²) in [7, 11) is 1.62. The fourth-order valence-corrected chi connectivity index (χ4v) is 2.05. The lowest BCUT2D eigenvalue weighted by atomic mass is 10.1. The first-order valence-electron chi connectivity index (χ1n) is 7.07. The molecule has 1 aromatic heterocycles. The van der Waals surface area contributed by atoms with Crippen molar-refractivity contribution in [1.82, 2.24) is 4.98 Å².